The average Bonchev–Trinajstić information content (AvgIpc) is 3.96. The summed E-state index contributed by atoms with van der Waals surface area (Å²) in [6.45, 7) is 0. The van der Waals surface area contributed by atoms with E-state index in [-0.39, 0.29) is 0 Å². The van der Waals surface area contributed by atoms with Crippen LogP contribution in [0.4, 0.5) is 0 Å². The van der Waals surface area contributed by atoms with E-state index in [2.05, 4.69) is 125 Å². The summed E-state index contributed by atoms with van der Waals surface area (Å²) in [5.74, 6) is 1.69. The molecule has 0 aliphatic heterocycles. The molecule has 0 unspecified atom stereocenters. The van der Waals surface area contributed by atoms with Crippen LogP contribution in [0.25, 0.3) is 117 Å². The minimum Gasteiger partial charge on any atom is -0.456 e. The molecule has 0 fully saturated rings. The Balaban J connectivity index is 1.12. The summed E-state index contributed by atoms with van der Waals surface area (Å²) in [7, 11) is 0. The van der Waals surface area contributed by atoms with Crippen LogP contribution in [0.2, 0.25) is 0 Å². The van der Waals surface area contributed by atoms with Crippen LogP contribution in [0, 0.1) is 0 Å². The molecule has 0 aliphatic carbocycles. The minimum atomic E-state index is 0.559. The first-order valence-corrected chi connectivity index (χ1v) is 18.9. The molecule has 0 N–H and O–H groups in total. The van der Waals surface area contributed by atoms with Crippen LogP contribution >= 0.6 is 0 Å². The van der Waals surface area contributed by atoms with Crippen LogP contribution in [0.15, 0.2) is 185 Å². The zero-order chi connectivity index (χ0) is 37.5. The molecule has 0 amide bonds. The van der Waals surface area contributed by atoms with Crippen LogP contribution in [-0.2, 0) is 0 Å². The van der Waals surface area contributed by atoms with E-state index >= 15 is 0 Å². The Hall–Kier alpha value is -7.90. The third kappa shape index (κ3) is 4.86. The molecule has 5 aromatic heterocycles. The molecule has 0 atom stereocenters. The van der Waals surface area contributed by atoms with Gasteiger partial charge < -0.3 is 13.4 Å². The summed E-state index contributed by atoms with van der Waals surface area (Å²) in [6.07, 6.45) is 1.76. The van der Waals surface area contributed by atoms with Crippen molar-refractivity contribution in [3.63, 3.8) is 0 Å². The third-order valence-corrected chi connectivity index (χ3v) is 10.9. The Labute approximate surface area is 325 Å². The molecule has 7 nitrogen and oxygen atoms in total. The first-order chi connectivity index (χ1) is 28.3. The number of furan rings is 2. The van der Waals surface area contributed by atoms with Gasteiger partial charge in [-0.25, -0.2) is 19.9 Å². The summed E-state index contributed by atoms with van der Waals surface area (Å²) in [6, 6.07) is 58.2. The van der Waals surface area contributed by atoms with E-state index in [9.17, 15) is 0 Å². The Morgan fingerprint density at radius 3 is 1.77 bits per heavy atom. The average molecular weight is 732 g/mol. The number of pyridine rings is 1. The zero-order valence-corrected chi connectivity index (χ0v) is 30.3. The Morgan fingerprint density at radius 1 is 0.386 bits per heavy atom. The highest BCUT2D eigenvalue weighted by molar-refractivity contribution is 6.13. The molecule has 0 aliphatic rings. The number of para-hydroxylation sites is 4. The molecule has 5 heterocycles. The highest BCUT2D eigenvalue weighted by Gasteiger charge is 2.22. The fraction of sp³-hybridized carbons (Fsp3) is 0. The van der Waals surface area contributed by atoms with Crippen molar-refractivity contribution in [2.45, 2.75) is 0 Å². The standard InChI is InChI=1S/C50H29N5O2/c1-5-22-39-33(15-1)34-16-2-6-23-40(34)55(39)41-24-7-3-17-35(41)48-52-47(53-49(54-48)37-20-11-26-43-46(37)36-18-4-8-25-42(36)56-43)31-14-9-13-30(29-31)32-19-10-27-44-45(32)38-21-12-28-51-50(38)57-44/h1-29H. The van der Waals surface area contributed by atoms with Gasteiger partial charge in [0.2, 0.25) is 5.71 Å². The molecular formula is C50H29N5O2. The monoisotopic (exact) mass is 731 g/mol. The zero-order valence-electron chi connectivity index (χ0n) is 30.3. The SMILES string of the molecule is c1cc(-c2nc(-c3ccccc3-n3c4ccccc4c4ccccc43)nc(-c3cccc4oc5ccccc5c34)n2)cc(-c2cccc3oc4ncccc4c23)c1. The van der Waals surface area contributed by atoms with Gasteiger partial charge in [0.1, 0.15) is 16.7 Å². The fourth-order valence-corrected chi connectivity index (χ4v) is 8.47. The Bertz CT molecular complexity index is 3500. The number of fused-ring (bicyclic) bond motifs is 9. The van der Waals surface area contributed by atoms with Crippen molar-refractivity contribution in [2.24, 2.45) is 0 Å². The molecule has 266 valence electrons. The molecule has 57 heavy (non-hydrogen) atoms. The van der Waals surface area contributed by atoms with Gasteiger partial charge in [-0.05, 0) is 71.8 Å². The maximum absolute atomic E-state index is 6.33. The van der Waals surface area contributed by atoms with Crippen LogP contribution in [0.1, 0.15) is 0 Å². The second-order valence-electron chi connectivity index (χ2n) is 14.2. The molecule has 0 bridgehead atoms. The molecule has 0 saturated heterocycles. The molecule has 0 radical (unpaired) electrons. The van der Waals surface area contributed by atoms with Gasteiger partial charge in [-0.1, -0.05) is 109 Å². The summed E-state index contributed by atoms with van der Waals surface area (Å²) in [5, 5.41) is 6.34. The van der Waals surface area contributed by atoms with Crippen molar-refractivity contribution in [1.29, 1.82) is 0 Å². The smallest absolute Gasteiger partial charge is 0.227 e. The number of rotatable bonds is 5. The van der Waals surface area contributed by atoms with Gasteiger partial charge in [0, 0.05) is 55.2 Å². The normalized spacial score (nSPS) is 11.9. The van der Waals surface area contributed by atoms with Gasteiger partial charge in [0.05, 0.1) is 16.7 Å². The lowest BCUT2D eigenvalue weighted by Gasteiger charge is -2.15. The summed E-state index contributed by atoms with van der Waals surface area (Å²) >= 11 is 0. The van der Waals surface area contributed by atoms with Crippen LogP contribution in [0.3, 0.4) is 0 Å². The van der Waals surface area contributed by atoms with Gasteiger partial charge in [-0.3, -0.25) is 0 Å². The molecule has 7 heteroatoms. The van der Waals surface area contributed by atoms with Crippen LogP contribution in [-0.4, -0.2) is 24.5 Å². The number of benzene rings is 7. The van der Waals surface area contributed by atoms with Crippen LogP contribution in [0.5, 0.6) is 0 Å². The van der Waals surface area contributed by atoms with E-state index in [1.54, 1.807) is 6.20 Å². The predicted octanol–water partition coefficient (Wildman–Crippen LogP) is 12.8. The second kappa shape index (κ2) is 12.3. The van der Waals surface area contributed by atoms with Crippen molar-refractivity contribution in [3.8, 4) is 51.0 Å². The van der Waals surface area contributed by atoms with Crippen molar-refractivity contribution < 1.29 is 8.83 Å². The minimum absolute atomic E-state index is 0.559. The molecule has 0 saturated carbocycles. The van der Waals surface area contributed by atoms with Crippen molar-refractivity contribution >= 4 is 65.8 Å². The molecule has 12 aromatic rings. The first kappa shape index (κ1) is 31.5. The van der Waals surface area contributed by atoms with Gasteiger partial charge in [-0.15, -0.1) is 0 Å². The lowest BCUT2D eigenvalue weighted by atomic mass is 9.98. The molecule has 12 rings (SSSR count). The van der Waals surface area contributed by atoms with E-state index in [1.165, 1.54) is 10.8 Å². The number of hydrogen-bond donors (Lipinski definition) is 0. The highest BCUT2D eigenvalue weighted by atomic mass is 16.3. The van der Waals surface area contributed by atoms with Crippen molar-refractivity contribution in [1.82, 2.24) is 24.5 Å². The Kier molecular flexibility index (Phi) is 6.79. The van der Waals surface area contributed by atoms with E-state index < -0.39 is 0 Å². The van der Waals surface area contributed by atoms with E-state index in [4.69, 9.17) is 23.8 Å². The largest absolute Gasteiger partial charge is 0.456 e. The van der Waals surface area contributed by atoms with Gasteiger partial charge in [0.25, 0.3) is 0 Å². The molecule has 7 aromatic carbocycles. The van der Waals surface area contributed by atoms with Crippen molar-refractivity contribution in [2.75, 3.05) is 0 Å². The summed E-state index contributed by atoms with van der Waals surface area (Å²) in [5.41, 5.74) is 10.9. The van der Waals surface area contributed by atoms with E-state index in [0.29, 0.717) is 23.2 Å². The second-order valence-corrected chi connectivity index (χ2v) is 14.2. The quantitative estimate of drug-likeness (QED) is 0.175. The lowest BCUT2D eigenvalue weighted by Crippen LogP contribution is -2.03. The molecule has 0 spiro atoms. The van der Waals surface area contributed by atoms with E-state index in [1.807, 2.05) is 54.6 Å². The number of hydrogen-bond acceptors (Lipinski definition) is 6. The topological polar surface area (TPSA) is 82.8 Å². The predicted molar refractivity (Wildman–Crippen MR) is 228 cm³/mol. The summed E-state index contributed by atoms with van der Waals surface area (Å²) < 4.78 is 14.8. The lowest BCUT2D eigenvalue weighted by molar-refractivity contribution is 0.654. The van der Waals surface area contributed by atoms with Gasteiger partial charge >= 0.3 is 0 Å². The molecular weight excluding hydrogens is 703 g/mol. The maximum Gasteiger partial charge on any atom is 0.227 e. The fourth-order valence-electron chi connectivity index (χ4n) is 8.47. The van der Waals surface area contributed by atoms with E-state index in [0.717, 1.165) is 82.8 Å². The third-order valence-electron chi connectivity index (χ3n) is 10.9. The first-order valence-electron chi connectivity index (χ1n) is 18.9. The maximum atomic E-state index is 6.33. The summed E-state index contributed by atoms with van der Waals surface area (Å²) in [4.78, 5) is 20.4. The Morgan fingerprint density at radius 2 is 0.947 bits per heavy atom. The van der Waals surface area contributed by atoms with Crippen molar-refractivity contribution in [3.05, 3.63) is 176 Å². The van der Waals surface area contributed by atoms with Gasteiger partial charge in [0.15, 0.2) is 17.5 Å². The number of nitrogens with zero attached hydrogens (tertiary/aromatic N) is 5. The van der Waals surface area contributed by atoms with Crippen LogP contribution < -0.4 is 0 Å². The van der Waals surface area contributed by atoms with Gasteiger partial charge in [-0.2, -0.15) is 0 Å². The highest BCUT2D eigenvalue weighted by Crippen LogP contribution is 2.40. The number of aromatic nitrogens is 5.